The van der Waals surface area contributed by atoms with E-state index in [1.54, 1.807) is 42.5 Å². The number of ether oxygens (including phenoxy) is 1. The van der Waals surface area contributed by atoms with Crippen molar-refractivity contribution in [2.45, 2.75) is 6.61 Å². The highest BCUT2D eigenvalue weighted by atomic mass is 16.5. The van der Waals surface area contributed by atoms with E-state index in [1.165, 1.54) is 0 Å². The predicted octanol–water partition coefficient (Wildman–Crippen LogP) is 2.71. The third-order valence-corrected chi connectivity index (χ3v) is 2.56. The highest BCUT2D eigenvalue weighted by Gasteiger charge is 2.06. The lowest BCUT2D eigenvalue weighted by Gasteiger charge is -2.08. The van der Waals surface area contributed by atoms with Crippen LogP contribution in [0.5, 0.6) is 11.5 Å². The van der Waals surface area contributed by atoms with E-state index in [9.17, 15) is 0 Å². The average Bonchev–Trinajstić information content (AvgIpc) is 2.48. The Labute approximate surface area is 110 Å². The second kappa shape index (κ2) is 5.68. The van der Waals surface area contributed by atoms with Crippen LogP contribution in [0.25, 0.3) is 0 Å². The van der Waals surface area contributed by atoms with Gasteiger partial charge in [-0.05, 0) is 42.0 Å². The minimum absolute atomic E-state index is 0.119. The molecule has 4 nitrogen and oxygen atoms in total. The number of hydrogen-bond acceptors (Lipinski definition) is 4. The van der Waals surface area contributed by atoms with Crippen LogP contribution >= 0.6 is 0 Å². The van der Waals surface area contributed by atoms with Crippen LogP contribution in [0.15, 0.2) is 42.5 Å². The molecule has 0 spiro atoms. The van der Waals surface area contributed by atoms with E-state index < -0.39 is 0 Å². The minimum Gasteiger partial charge on any atom is -0.456 e. The van der Waals surface area contributed by atoms with Gasteiger partial charge in [-0.25, -0.2) is 0 Å². The Kier molecular flexibility index (Phi) is 3.78. The topological polar surface area (TPSA) is 77.0 Å². The van der Waals surface area contributed by atoms with Crippen molar-refractivity contribution in [3.8, 4) is 23.6 Å². The second-order valence-electron chi connectivity index (χ2n) is 3.84. The van der Waals surface area contributed by atoms with Gasteiger partial charge in [0, 0.05) is 0 Å². The fraction of sp³-hybridized carbons (Fsp3) is 0.0667. The molecule has 0 saturated carbocycles. The van der Waals surface area contributed by atoms with E-state index in [2.05, 4.69) is 0 Å². The number of rotatable bonds is 3. The summed E-state index contributed by atoms with van der Waals surface area (Å²) in [6.07, 6.45) is 0. The monoisotopic (exact) mass is 250 g/mol. The fourth-order valence-electron chi connectivity index (χ4n) is 1.58. The molecule has 0 aliphatic rings. The molecule has 0 aliphatic heterocycles. The Morgan fingerprint density at radius 2 is 1.74 bits per heavy atom. The quantitative estimate of drug-likeness (QED) is 0.908. The van der Waals surface area contributed by atoms with Crippen molar-refractivity contribution in [3.05, 3.63) is 59.2 Å². The zero-order valence-corrected chi connectivity index (χ0v) is 10.00. The number of aliphatic hydroxyl groups excluding tert-OH is 1. The van der Waals surface area contributed by atoms with E-state index in [4.69, 9.17) is 20.4 Å². The van der Waals surface area contributed by atoms with Gasteiger partial charge in [-0.2, -0.15) is 10.5 Å². The SMILES string of the molecule is N#Cc1ccc(Oc2ccc(CO)cc2C#N)cc1. The van der Waals surface area contributed by atoms with E-state index in [-0.39, 0.29) is 6.61 Å². The average molecular weight is 250 g/mol. The van der Waals surface area contributed by atoms with Gasteiger partial charge < -0.3 is 9.84 Å². The molecular formula is C15H10N2O2. The number of benzene rings is 2. The van der Waals surface area contributed by atoms with E-state index in [0.29, 0.717) is 28.2 Å². The first-order valence-electron chi connectivity index (χ1n) is 5.58. The normalized spacial score (nSPS) is 9.42. The summed E-state index contributed by atoms with van der Waals surface area (Å²) in [5, 5.41) is 26.8. The van der Waals surface area contributed by atoms with Gasteiger partial charge in [0.25, 0.3) is 0 Å². The Balaban J connectivity index is 2.28. The summed E-state index contributed by atoms with van der Waals surface area (Å²) in [5.74, 6) is 0.969. The lowest BCUT2D eigenvalue weighted by molar-refractivity contribution is 0.281. The van der Waals surface area contributed by atoms with Gasteiger partial charge in [0.15, 0.2) is 0 Å². The van der Waals surface area contributed by atoms with Crippen LogP contribution in [-0.4, -0.2) is 5.11 Å². The molecule has 2 aromatic carbocycles. The van der Waals surface area contributed by atoms with E-state index >= 15 is 0 Å². The molecule has 0 amide bonds. The Morgan fingerprint density at radius 1 is 1.00 bits per heavy atom. The van der Waals surface area contributed by atoms with Crippen molar-refractivity contribution in [1.82, 2.24) is 0 Å². The Hall–Kier alpha value is -2.82. The summed E-state index contributed by atoms with van der Waals surface area (Å²) >= 11 is 0. The Morgan fingerprint density at radius 3 is 2.32 bits per heavy atom. The van der Waals surface area contributed by atoms with Gasteiger partial charge in [0.2, 0.25) is 0 Å². The number of aliphatic hydroxyl groups is 1. The largest absolute Gasteiger partial charge is 0.456 e. The summed E-state index contributed by atoms with van der Waals surface area (Å²) in [6, 6.07) is 15.6. The minimum atomic E-state index is -0.119. The first-order chi connectivity index (χ1) is 9.26. The van der Waals surface area contributed by atoms with Gasteiger partial charge in [-0.3, -0.25) is 0 Å². The van der Waals surface area contributed by atoms with Crippen LogP contribution in [-0.2, 0) is 6.61 Å². The second-order valence-corrected chi connectivity index (χ2v) is 3.84. The molecule has 0 fully saturated rings. The molecular weight excluding hydrogens is 240 g/mol. The molecule has 0 heterocycles. The van der Waals surface area contributed by atoms with Crippen molar-refractivity contribution < 1.29 is 9.84 Å². The summed E-state index contributed by atoms with van der Waals surface area (Å²) < 4.78 is 5.59. The van der Waals surface area contributed by atoms with Gasteiger partial charge >= 0.3 is 0 Å². The van der Waals surface area contributed by atoms with E-state index in [0.717, 1.165) is 0 Å². The van der Waals surface area contributed by atoms with Crippen LogP contribution in [0.3, 0.4) is 0 Å². The first-order valence-corrected chi connectivity index (χ1v) is 5.58. The maximum Gasteiger partial charge on any atom is 0.145 e. The van der Waals surface area contributed by atoms with Crippen molar-refractivity contribution in [2.75, 3.05) is 0 Å². The van der Waals surface area contributed by atoms with Gasteiger partial charge in [0.05, 0.1) is 23.8 Å². The van der Waals surface area contributed by atoms with Crippen LogP contribution in [0.4, 0.5) is 0 Å². The summed E-state index contributed by atoms with van der Waals surface area (Å²) in [4.78, 5) is 0. The van der Waals surface area contributed by atoms with Gasteiger partial charge in [-0.15, -0.1) is 0 Å². The molecule has 2 aromatic rings. The van der Waals surface area contributed by atoms with E-state index in [1.807, 2.05) is 12.1 Å². The molecule has 0 bridgehead atoms. The maximum absolute atomic E-state index is 9.04. The summed E-state index contributed by atoms with van der Waals surface area (Å²) in [7, 11) is 0. The lowest BCUT2D eigenvalue weighted by Crippen LogP contribution is -1.91. The highest BCUT2D eigenvalue weighted by molar-refractivity contribution is 5.47. The molecule has 4 heteroatoms. The number of hydrogen-bond donors (Lipinski definition) is 1. The van der Waals surface area contributed by atoms with Crippen LogP contribution in [0.1, 0.15) is 16.7 Å². The molecule has 0 aromatic heterocycles. The Bertz CT molecular complexity index is 664. The zero-order chi connectivity index (χ0) is 13.7. The first kappa shape index (κ1) is 12.6. The molecule has 2 rings (SSSR count). The molecule has 19 heavy (non-hydrogen) atoms. The highest BCUT2D eigenvalue weighted by Crippen LogP contribution is 2.26. The molecule has 0 radical (unpaired) electrons. The number of nitriles is 2. The zero-order valence-electron chi connectivity index (χ0n) is 10.00. The molecule has 0 saturated heterocycles. The third kappa shape index (κ3) is 2.90. The smallest absolute Gasteiger partial charge is 0.145 e. The fourth-order valence-corrected chi connectivity index (χ4v) is 1.58. The standard InChI is InChI=1S/C15H10N2O2/c16-8-11-1-4-14(5-2-11)19-15-6-3-12(10-18)7-13(15)9-17/h1-7,18H,10H2. The summed E-state index contributed by atoms with van der Waals surface area (Å²) in [5.41, 5.74) is 1.56. The maximum atomic E-state index is 9.04. The molecule has 92 valence electrons. The van der Waals surface area contributed by atoms with Crippen molar-refractivity contribution in [3.63, 3.8) is 0 Å². The molecule has 0 atom stereocenters. The van der Waals surface area contributed by atoms with Crippen LogP contribution in [0.2, 0.25) is 0 Å². The van der Waals surface area contributed by atoms with Crippen molar-refractivity contribution in [1.29, 1.82) is 10.5 Å². The van der Waals surface area contributed by atoms with Gasteiger partial charge in [-0.1, -0.05) is 6.07 Å². The number of nitrogens with zero attached hydrogens (tertiary/aromatic N) is 2. The van der Waals surface area contributed by atoms with Gasteiger partial charge in [0.1, 0.15) is 17.6 Å². The molecule has 1 N–H and O–H groups in total. The predicted molar refractivity (Wildman–Crippen MR) is 68.3 cm³/mol. The summed E-state index contributed by atoms with van der Waals surface area (Å²) in [6.45, 7) is -0.119. The molecule has 0 unspecified atom stereocenters. The lowest BCUT2D eigenvalue weighted by atomic mass is 10.1. The van der Waals surface area contributed by atoms with Crippen LogP contribution in [0, 0.1) is 22.7 Å². The third-order valence-electron chi connectivity index (χ3n) is 2.56. The van der Waals surface area contributed by atoms with Crippen LogP contribution < -0.4 is 4.74 Å². The van der Waals surface area contributed by atoms with Crippen molar-refractivity contribution in [2.24, 2.45) is 0 Å². The molecule has 0 aliphatic carbocycles. The van der Waals surface area contributed by atoms with Crippen molar-refractivity contribution >= 4 is 0 Å².